The first kappa shape index (κ1) is 15.2. The summed E-state index contributed by atoms with van der Waals surface area (Å²) in [6.07, 6.45) is 1.72. The molecule has 0 saturated heterocycles. The van der Waals surface area contributed by atoms with Gasteiger partial charge in [0, 0.05) is 12.1 Å². The number of benzene rings is 2. The zero-order valence-electron chi connectivity index (χ0n) is 12.0. The Labute approximate surface area is 129 Å². The fourth-order valence-electron chi connectivity index (χ4n) is 1.77. The molecule has 2 rings (SSSR count). The van der Waals surface area contributed by atoms with Gasteiger partial charge in [0.05, 0.1) is 13.3 Å². The van der Waals surface area contributed by atoms with E-state index >= 15 is 0 Å². The van der Waals surface area contributed by atoms with Crippen molar-refractivity contribution in [1.82, 2.24) is 5.43 Å². The van der Waals surface area contributed by atoms with E-state index in [2.05, 4.69) is 10.5 Å². The molecule has 0 unspecified atom stereocenters. The third kappa shape index (κ3) is 4.39. The lowest BCUT2D eigenvalue weighted by Crippen LogP contribution is -1.99. The molecule has 0 spiro atoms. The highest BCUT2D eigenvalue weighted by molar-refractivity contribution is 6.30. The van der Waals surface area contributed by atoms with Crippen LogP contribution in [-0.2, 0) is 6.61 Å². The number of hydrogen-bond donors (Lipinski definition) is 1. The number of nitrogens with one attached hydrogen (secondary N) is 1. The second-order valence-corrected chi connectivity index (χ2v) is 4.74. The summed E-state index contributed by atoms with van der Waals surface area (Å²) in [5.41, 5.74) is 4.68. The van der Waals surface area contributed by atoms with E-state index in [9.17, 15) is 0 Å². The van der Waals surface area contributed by atoms with E-state index in [1.165, 1.54) is 0 Å². The highest BCUT2D eigenvalue weighted by Gasteiger charge is 2.05. The Morgan fingerprint density at radius 3 is 2.57 bits per heavy atom. The Balaban J connectivity index is 2.13. The molecule has 2 aromatic rings. The minimum atomic E-state index is 0.445. The van der Waals surface area contributed by atoms with E-state index in [0.717, 1.165) is 11.1 Å². The van der Waals surface area contributed by atoms with Crippen molar-refractivity contribution < 1.29 is 9.47 Å². The van der Waals surface area contributed by atoms with Gasteiger partial charge in [0.25, 0.3) is 0 Å². The summed E-state index contributed by atoms with van der Waals surface area (Å²) in [5.74, 6) is 1.36. The topological polar surface area (TPSA) is 42.9 Å². The van der Waals surface area contributed by atoms with Crippen LogP contribution < -0.4 is 14.9 Å². The Morgan fingerprint density at radius 1 is 1.14 bits per heavy atom. The number of hydrogen-bond acceptors (Lipinski definition) is 4. The summed E-state index contributed by atoms with van der Waals surface area (Å²) < 4.78 is 11.1. The summed E-state index contributed by atoms with van der Waals surface area (Å²) in [4.78, 5) is 0. The predicted octanol–water partition coefficient (Wildman–Crippen LogP) is 3.48. The van der Waals surface area contributed by atoms with E-state index in [1.807, 2.05) is 42.5 Å². The van der Waals surface area contributed by atoms with Crippen molar-refractivity contribution in [2.45, 2.75) is 6.61 Å². The molecule has 2 aromatic carbocycles. The number of rotatable bonds is 6. The van der Waals surface area contributed by atoms with Crippen molar-refractivity contribution in [2.75, 3.05) is 14.2 Å². The second-order valence-electron chi connectivity index (χ2n) is 4.31. The lowest BCUT2D eigenvalue weighted by molar-refractivity contribution is 0.284. The molecule has 5 heteroatoms. The Bertz CT molecular complexity index is 612. The minimum absolute atomic E-state index is 0.445. The second kappa shape index (κ2) is 7.55. The quantitative estimate of drug-likeness (QED) is 0.656. The molecule has 0 atom stereocenters. The Hall–Kier alpha value is -2.20. The predicted molar refractivity (Wildman–Crippen MR) is 85.4 cm³/mol. The average Bonchev–Trinajstić information content (AvgIpc) is 2.52. The molecular weight excluding hydrogens is 288 g/mol. The third-order valence-electron chi connectivity index (χ3n) is 2.84. The number of methoxy groups -OCH3 is 1. The lowest BCUT2D eigenvalue weighted by Gasteiger charge is -2.11. The van der Waals surface area contributed by atoms with Crippen LogP contribution in [-0.4, -0.2) is 20.4 Å². The first-order valence-corrected chi connectivity index (χ1v) is 6.86. The smallest absolute Gasteiger partial charge is 0.162 e. The standard InChI is InChI=1S/C16H17ClN2O2/c1-18-19-10-13-5-8-15(20-2)16(9-13)21-11-12-3-6-14(17)7-4-12/h3-10,18H,11H2,1-2H3/b19-10+. The van der Waals surface area contributed by atoms with Crippen LogP contribution in [0.5, 0.6) is 11.5 Å². The highest BCUT2D eigenvalue weighted by Crippen LogP contribution is 2.28. The summed E-state index contributed by atoms with van der Waals surface area (Å²) in [6.45, 7) is 0.445. The first-order chi connectivity index (χ1) is 10.2. The minimum Gasteiger partial charge on any atom is -0.493 e. The fourth-order valence-corrected chi connectivity index (χ4v) is 1.89. The molecule has 0 bridgehead atoms. The van der Waals surface area contributed by atoms with Gasteiger partial charge in [0.1, 0.15) is 6.61 Å². The molecule has 0 saturated carbocycles. The van der Waals surface area contributed by atoms with Gasteiger partial charge in [-0.05, 0) is 41.5 Å². The third-order valence-corrected chi connectivity index (χ3v) is 3.09. The molecule has 0 radical (unpaired) electrons. The van der Waals surface area contributed by atoms with Crippen LogP contribution >= 0.6 is 11.6 Å². The van der Waals surface area contributed by atoms with E-state index < -0.39 is 0 Å². The Morgan fingerprint density at radius 2 is 1.90 bits per heavy atom. The van der Waals surface area contributed by atoms with Crippen LogP contribution in [0.3, 0.4) is 0 Å². The molecule has 0 aliphatic heterocycles. The molecular formula is C16H17ClN2O2. The van der Waals surface area contributed by atoms with Gasteiger partial charge in [-0.25, -0.2) is 0 Å². The largest absolute Gasteiger partial charge is 0.493 e. The molecule has 0 aliphatic carbocycles. The summed E-state index contributed by atoms with van der Waals surface area (Å²) in [7, 11) is 3.36. The van der Waals surface area contributed by atoms with Gasteiger partial charge in [0.15, 0.2) is 11.5 Å². The monoisotopic (exact) mass is 304 g/mol. The lowest BCUT2D eigenvalue weighted by atomic mass is 10.2. The van der Waals surface area contributed by atoms with Crippen molar-refractivity contribution in [3.63, 3.8) is 0 Å². The van der Waals surface area contributed by atoms with Crippen LogP contribution in [0.1, 0.15) is 11.1 Å². The number of halogens is 1. The Kier molecular flexibility index (Phi) is 5.46. The van der Waals surface area contributed by atoms with Crippen molar-refractivity contribution in [3.05, 3.63) is 58.6 Å². The maximum absolute atomic E-state index is 5.86. The summed E-state index contributed by atoms with van der Waals surface area (Å²) in [6, 6.07) is 13.2. The van der Waals surface area contributed by atoms with Gasteiger partial charge in [-0.1, -0.05) is 23.7 Å². The van der Waals surface area contributed by atoms with E-state index in [-0.39, 0.29) is 0 Å². The normalized spacial score (nSPS) is 10.6. The van der Waals surface area contributed by atoms with Gasteiger partial charge in [-0.3, -0.25) is 0 Å². The number of nitrogens with zero attached hydrogens (tertiary/aromatic N) is 1. The SMILES string of the molecule is CN/N=C/c1ccc(OC)c(OCc2ccc(Cl)cc2)c1. The van der Waals surface area contributed by atoms with Crippen molar-refractivity contribution in [2.24, 2.45) is 5.10 Å². The van der Waals surface area contributed by atoms with Gasteiger partial charge >= 0.3 is 0 Å². The zero-order valence-corrected chi connectivity index (χ0v) is 12.7. The molecule has 110 valence electrons. The molecule has 0 fully saturated rings. The molecule has 21 heavy (non-hydrogen) atoms. The summed E-state index contributed by atoms with van der Waals surface area (Å²) in [5, 5.41) is 4.69. The molecule has 1 N–H and O–H groups in total. The van der Waals surface area contributed by atoms with Crippen molar-refractivity contribution >= 4 is 17.8 Å². The van der Waals surface area contributed by atoms with Gasteiger partial charge < -0.3 is 14.9 Å². The van der Waals surface area contributed by atoms with Crippen LogP contribution in [0.2, 0.25) is 5.02 Å². The maximum Gasteiger partial charge on any atom is 0.162 e. The molecule has 0 aromatic heterocycles. The van der Waals surface area contributed by atoms with Crippen LogP contribution in [0.15, 0.2) is 47.6 Å². The summed E-state index contributed by atoms with van der Waals surface area (Å²) >= 11 is 5.86. The molecule has 0 heterocycles. The highest BCUT2D eigenvalue weighted by atomic mass is 35.5. The molecule has 0 aliphatic rings. The van der Waals surface area contributed by atoms with Crippen LogP contribution in [0.4, 0.5) is 0 Å². The van der Waals surface area contributed by atoms with E-state index in [4.69, 9.17) is 21.1 Å². The first-order valence-electron chi connectivity index (χ1n) is 6.48. The van der Waals surface area contributed by atoms with Crippen molar-refractivity contribution in [3.8, 4) is 11.5 Å². The number of hydrazone groups is 1. The van der Waals surface area contributed by atoms with E-state index in [1.54, 1.807) is 20.4 Å². The zero-order chi connectivity index (χ0) is 15.1. The molecule has 4 nitrogen and oxygen atoms in total. The van der Waals surface area contributed by atoms with Crippen molar-refractivity contribution in [1.29, 1.82) is 0 Å². The van der Waals surface area contributed by atoms with E-state index in [0.29, 0.717) is 23.1 Å². The van der Waals surface area contributed by atoms with Gasteiger partial charge in [0.2, 0.25) is 0 Å². The van der Waals surface area contributed by atoms with Gasteiger partial charge in [-0.2, -0.15) is 5.10 Å². The maximum atomic E-state index is 5.86. The fraction of sp³-hybridized carbons (Fsp3) is 0.188. The van der Waals surface area contributed by atoms with Crippen LogP contribution in [0.25, 0.3) is 0 Å². The average molecular weight is 305 g/mol. The number of ether oxygens (including phenoxy) is 2. The van der Waals surface area contributed by atoms with Crippen LogP contribution in [0, 0.1) is 0 Å². The molecule has 0 amide bonds. The van der Waals surface area contributed by atoms with Gasteiger partial charge in [-0.15, -0.1) is 0 Å².